The second-order valence-corrected chi connectivity index (χ2v) is 0.962. The first kappa shape index (κ1) is 22.4. The smallest absolute Gasteiger partial charge is 0 e. The van der Waals surface area contributed by atoms with E-state index in [9.17, 15) is 0 Å². The predicted molar refractivity (Wildman–Crippen MR) is 42.0 cm³/mol. The summed E-state index contributed by atoms with van der Waals surface area (Å²) >= 11 is 0. The first-order valence-electron chi connectivity index (χ1n) is 2.14. The Morgan fingerprint density at radius 3 is 1.27 bits per heavy atom. The van der Waals surface area contributed by atoms with Crippen molar-refractivity contribution in [1.29, 1.82) is 0 Å². The maximum Gasteiger partial charge on any atom is 0 e. The van der Waals surface area contributed by atoms with Crippen LogP contribution in [0.15, 0.2) is 30.3 Å². The summed E-state index contributed by atoms with van der Waals surface area (Å²) in [5.74, 6) is 0. The minimum Gasteiger partial charge on any atom is -0.545 e. The number of hydrogen-bond acceptors (Lipinski definition) is 2. The molecular formula is C8H10O2W-4. The van der Waals surface area contributed by atoms with Crippen molar-refractivity contribution < 1.29 is 30.7 Å². The van der Waals surface area contributed by atoms with Crippen LogP contribution in [0.4, 0.5) is 0 Å². The van der Waals surface area contributed by atoms with Gasteiger partial charge in [-0.2, -0.15) is 18.2 Å². The third kappa shape index (κ3) is 26.6. The van der Waals surface area contributed by atoms with E-state index in [0.29, 0.717) is 0 Å². The summed E-state index contributed by atoms with van der Waals surface area (Å²) in [5.41, 5.74) is 0. The van der Waals surface area contributed by atoms with E-state index < -0.39 is 0 Å². The Hall–Kier alpha value is -0.622. The Kier molecular flexibility index (Phi) is 70.0. The number of carbonyl (C=O) groups excluding carboxylic acids is 2. The van der Waals surface area contributed by atoms with Crippen LogP contribution < -0.4 is 0 Å². The molecule has 0 unspecified atom stereocenters. The summed E-state index contributed by atoms with van der Waals surface area (Å²) in [6.07, 6.45) is 0. The van der Waals surface area contributed by atoms with Crippen LogP contribution in [0.1, 0.15) is 0 Å². The van der Waals surface area contributed by atoms with Crippen LogP contribution >= 0.6 is 0 Å². The average molecular weight is 322 g/mol. The number of rotatable bonds is 0. The summed E-state index contributed by atoms with van der Waals surface area (Å²) in [6, 6.07) is 10.0. The van der Waals surface area contributed by atoms with Crippen molar-refractivity contribution in [2.75, 3.05) is 0 Å². The van der Waals surface area contributed by atoms with Crippen LogP contribution in [0.5, 0.6) is 0 Å². The van der Waals surface area contributed by atoms with Gasteiger partial charge in [0, 0.05) is 21.1 Å². The molecule has 3 heteroatoms. The Bertz CT molecular complexity index is 87.6. The Labute approximate surface area is 82.2 Å². The molecule has 0 atom stereocenters. The molecule has 64 valence electrons. The molecular weight excluding hydrogens is 312 g/mol. The van der Waals surface area contributed by atoms with Gasteiger partial charge in [-0.25, -0.2) is 12.1 Å². The van der Waals surface area contributed by atoms with Gasteiger partial charge in [-0.3, -0.25) is 13.6 Å². The maximum atomic E-state index is 7.75. The van der Waals surface area contributed by atoms with Gasteiger partial charge in [0.15, 0.2) is 0 Å². The van der Waals surface area contributed by atoms with Crippen molar-refractivity contribution in [1.82, 2.24) is 0 Å². The van der Waals surface area contributed by atoms with Crippen LogP contribution in [-0.4, -0.2) is 13.6 Å². The van der Waals surface area contributed by atoms with Crippen molar-refractivity contribution in [2.45, 2.75) is 0 Å². The van der Waals surface area contributed by atoms with Gasteiger partial charge >= 0.3 is 0 Å². The quantitative estimate of drug-likeness (QED) is 0.533. The molecule has 0 aromatic heterocycles. The summed E-state index contributed by atoms with van der Waals surface area (Å²) in [5, 5.41) is 0. The fraction of sp³-hybridized carbons (Fsp3) is 0. The molecule has 0 aliphatic carbocycles. The zero-order valence-corrected chi connectivity index (χ0v) is 9.20. The fourth-order valence-corrected chi connectivity index (χ4v) is 0.321. The van der Waals surface area contributed by atoms with Crippen LogP contribution in [0.2, 0.25) is 0 Å². The standard InChI is InChI=1S/C5H5.2CHO.CH3.W/c1-2-4-5-3-1;2*1-2;;/h1-5H;2*1H;1H3;/q4*-1;. The van der Waals surface area contributed by atoms with Gasteiger partial charge in [-0.1, -0.05) is 0 Å². The van der Waals surface area contributed by atoms with Crippen LogP contribution in [0, 0.1) is 7.43 Å². The van der Waals surface area contributed by atoms with Crippen molar-refractivity contribution in [2.24, 2.45) is 0 Å². The predicted octanol–water partition coefficient (Wildman–Crippen LogP) is 1.31. The van der Waals surface area contributed by atoms with E-state index in [-0.39, 0.29) is 28.5 Å². The van der Waals surface area contributed by atoms with E-state index in [0.717, 1.165) is 0 Å². The molecule has 2 nitrogen and oxygen atoms in total. The molecule has 0 N–H and O–H groups in total. The Morgan fingerprint density at radius 1 is 0.909 bits per heavy atom. The van der Waals surface area contributed by atoms with Gasteiger partial charge < -0.3 is 17.0 Å². The molecule has 0 aliphatic rings. The van der Waals surface area contributed by atoms with Crippen molar-refractivity contribution in [3.8, 4) is 0 Å². The van der Waals surface area contributed by atoms with E-state index in [1.807, 2.05) is 30.3 Å². The second kappa shape index (κ2) is 34.3. The van der Waals surface area contributed by atoms with Gasteiger partial charge in [-0.05, 0) is 0 Å². The largest absolute Gasteiger partial charge is 0.545 e. The zero-order chi connectivity index (χ0) is 7.54. The molecule has 0 radical (unpaired) electrons. The van der Waals surface area contributed by atoms with Crippen LogP contribution in [-0.2, 0) is 30.7 Å². The first-order chi connectivity index (χ1) is 4.50. The summed E-state index contributed by atoms with van der Waals surface area (Å²) in [4.78, 5) is 15.5. The molecule has 1 aromatic rings. The Balaban J connectivity index is -0.0000000369. The van der Waals surface area contributed by atoms with Gasteiger partial charge in [0.05, 0.1) is 0 Å². The van der Waals surface area contributed by atoms with E-state index in [1.165, 1.54) is 0 Å². The Morgan fingerprint density at radius 2 is 1.18 bits per heavy atom. The maximum absolute atomic E-state index is 7.75. The van der Waals surface area contributed by atoms with Gasteiger partial charge in [-0.15, -0.1) is 0 Å². The molecule has 0 heterocycles. The van der Waals surface area contributed by atoms with Crippen molar-refractivity contribution >= 4 is 13.6 Å². The van der Waals surface area contributed by atoms with E-state index in [2.05, 4.69) is 13.6 Å². The monoisotopic (exact) mass is 322 g/mol. The molecule has 11 heavy (non-hydrogen) atoms. The molecule has 0 bridgehead atoms. The third-order valence-corrected chi connectivity index (χ3v) is 0.556. The minimum atomic E-state index is 0. The first-order valence-corrected chi connectivity index (χ1v) is 2.14. The van der Waals surface area contributed by atoms with Gasteiger partial charge in [0.2, 0.25) is 0 Å². The average Bonchev–Trinajstić information content (AvgIpc) is 2.51. The second-order valence-electron chi connectivity index (χ2n) is 0.962. The molecule has 1 aromatic carbocycles. The SMILES string of the molecule is [CH-]=O.[CH-]=O.[CH3-].[W].c1cc[cH-]c1. The molecule has 0 saturated heterocycles. The fourth-order valence-electron chi connectivity index (χ4n) is 0.321. The summed E-state index contributed by atoms with van der Waals surface area (Å²) < 4.78 is 0. The molecule has 0 spiro atoms. The normalized spacial score (nSPS) is 4.36. The van der Waals surface area contributed by atoms with E-state index >= 15 is 0 Å². The van der Waals surface area contributed by atoms with Crippen molar-refractivity contribution in [3.05, 3.63) is 37.8 Å². The molecule has 0 saturated carbocycles. The summed E-state index contributed by atoms with van der Waals surface area (Å²) in [6.45, 7) is 6.50. The molecule has 0 aliphatic heterocycles. The van der Waals surface area contributed by atoms with E-state index in [4.69, 9.17) is 9.59 Å². The van der Waals surface area contributed by atoms with Crippen molar-refractivity contribution in [3.63, 3.8) is 0 Å². The number of hydrogen-bond donors (Lipinski definition) is 0. The van der Waals surface area contributed by atoms with Gasteiger partial charge in [0.25, 0.3) is 0 Å². The molecule has 0 amide bonds. The third-order valence-electron chi connectivity index (χ3n) is 0.556. The van der Waals surface area contributed by atoms with Crippen LogP contribution in [0.25, 0.3) is 0 Å². The zero-order valence-electron chi connectivity index (χ0n) is 6.27. The summed E-state index contributed by atoms with van der Waals surface area (Å²) in [7, 11) is 0. The van der Waals surface area contributed by atoms with Gasteiger partial charge in [0.1, 0.15) is 0 Å². The molecule has 1 rings (SSSR count). The minimum absolute atomic E-state index is 0. The molecule has 0 fully saturated rings. The topological polar surface area (TPSA) is 34.1 Å². The van der Waals surface area contributed by atoms with E-state index in [1.54, 1.807) is 0 Å². The van der Waals surface area contributed by atoms with Crippen LogP contribution in [0.3, 0.4) is 0 Å².